The van der Waals surface area contributed by atoms with Gasteiger partial charge in [-0.15, -0.1) is 0 Å². The third-order valence-electron chi connectivity index (χ3n) is 3.87. The van der Waals surface area contributed by atoms with Gasteiger partial charge in [-0.2, -0.15) is 0 Å². The first-order valence-corrected chi connectivity index (χ1v) is 8.28. The number of amidine groups is 1. The lowest BCUT2D eigenvalue weighted by Crippen LogP contribution is -2.13. The van der Waals surface area contributed by atoms with Gasteiger partial charge < -0.3 is 21.8 Å². The van der Waals surface area contributed by atoms with Gasteiger partial charge in [0.1, 0.15) is 5.84 Å². The second-order valence-electron chi connectivity index (χ2n) is 6.11. The third kappa shape index (κ3) is 3.94. The molecule has 0 atom stereocenters. The van der Waals surface area contributed by atoms with E-state index in [4.69, 9.17) is 11.1 Å². The van der Waals surface area contributed by atoms with Gasteiger partial charge in [-0.05, 0) is 35.8 Å². The number of aromatic nitrogens is 2. The summed E-state index contributed by atoms with van der Waals surface area (Å²) < 4.78 is 0. The Morgan fingerprint density at radius 3 is 2.81 bits per heavy atom. The molecular weight excluding hydrogens is 326 g/mol. The van der Waals surface area contributed by atoms with Crippen LogP contribution in [0.25, 0.3) is 16.7 Å². The Kier molecular flexibility index (Phi) is 5.07. The highest BCUT2D eigenvalue weighted by atomic mass is 15.0. The van der Waals surface area contributed by atoms with Gasteiger partial charge in [-0.1, -0.05) is 13.8 Å². The normalized spacial score (nSPS) is 14.8. The van der Waals surface area contributed by atoms with Crippen LogP contribution in [0, 0.1) is 11.3 Å². The van der Waals surface area contributed by atoms with Crippen molar-refractivity contribution in [2.45, 2.75) is 13.8 Å². The summed E-state index contributed by atoms with van der Waals surface area (Å²) in [6, 6.07) is 5.59. The Balaban J connectivity index is 1.94. The van der Waals surface area contributed by atoms with Gasteiger partial charge in [-0.3, -0.25) is 4.98 Å². The Morgan fingerprint density at radius 2 is 2.12 bits per heavy atom. The topological polar surface area (TPSA) is 112 Å². The Bertz CT molecular complexity index is 952. The van der Waals surface area contributed by atoms with Crippen molar-refractivity contribution >= 4 is 34.6 Å². The van der Waals surface area contributed by atoms with E-state index in [0.29, 0.717) is 11.7 Å². The Labute approximate surface area is 152 Å². The van der Waals surface area contributed by atoms with Crippen molar-refractivity contribution in [3.05, 3.63) is 60.2 Å². The van der Waals surface area contributed by atoms with E-state index < -0.39 is 0 Å². The molecule has 0 aromatic carbocycles. The number of hydrogen-bond acceptors (Lipinski definition) is 6. The van der Waals surface area contributed by atoms with E-state index in [1.165, 1.54) is 6.21 Å². The zero-order valence-corrected chi connectivity index (χ0v) is 14.7. The van der Waals surface area contributed by atoms with Gasteiger partial charge in [0, 0.05) is 36.6 Å². The number of hydrogen-bond donors (Lipinski definition) is 4. The van der Waals surface area contributed by atoms with Crippen LogP contribution in [0.15, 0.2) is 59.6 Å². The zero-order chi connectivity index (χ0) is 18.5. The number of allylic oxidation sites excluding steroid dienone is 1. The van der Waals surface area contributed by atoms with E-state index in [0.717, 1.165) is 27.9 Å². The van der Waals surface area contributed by atoms with Crippen LogP contribution in [0.2, 0.25) is 0 Å². The fourth-order valence-electron chi connectivity index (χ4n) is 2.44. The first-order chi connectivity index (χ1) is 12.6. The number of fused-ring (bicyclic) bond motifs is 1. The average Bonchev–Trinajstić information content (AvgIpc) is 2.66. The lowest BCUT2D eigenvalue weighted by atomic mass is 10.0. The molecule has 2 aromatic rings. The number of nitrogens with two attached hydrogens (primary N) is 1. The zero-order valence-electron chi connectivity index (χ0n) is 14.7. The number of rotatable bonds is 5. The largest absolute Gasteiger partial charge is 0.384 e. The third-order valence-corrected chi connectivity index (χ3v) is 3.87. The van der Waals surface area contributed by atoms with Crippen molar-refractivity contribution in [3.8, 4) is 0 Å². The molecule has 0 radical (unpaired) electrons. The van der Waals surface area contributed by atoms with E-state index in [1.54, 1.807) is 24.5 Å². The van der Waals surface area contributed by atoms with Crippen molar-refractivity contribution in [1.82, 2.24) is 20.6 Å². The van der Waals surface area contributed by atoms with Crippen molar-refractivity contribution < 1.29 is 0 Å². The number of pyridine rings is 2. The quantitative estimate of drug-likeness (QED) is 0.491. The Morgan fingerprint density at radius 1 is 1.27 bits per heavy atom. The second kappa shape index (κ2) is 7.60. The molecule has 0 bridgehead atoms. The van der Waals surface area contributed by atoms with Crippen LogP contribution >= 0.6 is 0 Å². The summed E-state index contributed by atoms with van der Waals surface area (Å²) in [5.74, 6) is 1.03. The maximum Gasteiger partial charge on any atom is 0.155 e. The monoisotopic (exact) mass is 347 g/mol. The first kappa shape index (κ1) is 17.3. The second-order valence-corrected chi connectivity index (χ2v) is 6.11. The Hall–Kier alpha value is -3.48. The summed E-state index contributed by atoms with van der Waals surface area (Å²) in [6.45, 7) is 4.01. The molecule has 1 aliphatic rings. The predicted molar refractivity (Wildman–Crippen MR) is 106 cm³/mol. The predicted octanol–water partition coefficient (Wildman–Crippen LogP) is 2.81. The van der Waals surface area contributed by atoms with Crippen LogP contribution in [0.4, 0.5) is 5.82 Å². The van der Waals surface area contributed by atoms with Crippen LogP contribution in [-0.2, 0) is 0 Å². The van der Waals surface area contributed by atoms with Crippen LogP contribution in [0.3, 0.4) is 0 Å². The smallest absolute Gasteiger partial charge is 0.155 e. The van der Waals surface area contributed by atoms with Gasteiger partial charge in [0.25, 0.3) is 0 Å². The summed E-state index contributed by atoms with van der Waals surface area (Å²) >= 11 is 0. The van der Waals surface area contributed by atoms with Crippen molar-refractivity contribution in [1.29, 1.82) is 5.41 Å². The van der Waals surface area contributed by atoms with Crippen LogP contribution in [-0.4, -0.2) is 22.0 Å². The minimum Gasteiger partial charge on any atom is -0.384 e. The van der Waals surface area contributed by atoms with Gasteiger partial charge in [0.05, 0.1) is 16.7 Å². The average molecular weight is 347 g/mol. The van der Waals surface area contributed by atoms with E-state index in [9.17, 15) is 0 Å². The van der Waals surface area contributed by atoms with Crippen molar-refractivity contribution in [3.63, 3.8) is 0 Å². The molecule has 7 nitrogen and oxygen atoms in total. The van der Waals surface area contributed by atoms with Crippen LogP contribution in [0.1, 0.15) is 19.4 Å². The van der Waals surface area contributed by atoms with Crippen LogP contribution in [0.5, 0.6) is 0 Å². The maximum atomic E-state index is 7.44. The lowest BCUT2D eigenvalue weighted by Gasteiger charge is -2.11. The molecule has 0 unspecified atom stereocenters. The van der Waals surface area contributed by atoms with E-state index in [1.807, 2.05) is 38.4 Å². The number of aliphatic imine (C=N–C) groups is 1. The molecule has 3 rings (SSSR count). The molecule has 0 aliphatic carbocycles. The lowest BCUT2D eigenvalue weighted by molar-refractivity contribution is 0.806. The molecule has 0 saturated heterocycles. The van der Waals surface area contributed by atoms with E-state index in [2.05, 4.69) is 25.6 Å². The molecule has 132 valence electrons. The number of nitrogens with zero attached hydrogens (tertiary/aromatic N) is 3. The molecule has 0 amide bonds. The van der Waals surface area contributed by atoms with Crippen molar-refractivity contribution in [2.24, 2.45) is 16.6 Å². The molecule has 2 aromatic heterocycles. The fourth-order valence-corrected chi connectivity index (χ4v) is 2.44. The summed E-state index contributed by atoms with van der Waals surface area (Å²) in [4.78, 5) is 13.3. The summed E-state index contributed by atoms with van der Waals surface area (Å²) in [5.41, 5.74) is 10.1. The maximum absolute atomic E-state index is 7.44. The first-order valence-electron chi connectivity index (χ1n) is 8.28. The molecule has 5 N–H and O–H groups in total. The van der Waals surface area contributed by atoms with Gasteiger partial charge in [0.15, 0.2) is 5.82 Å². The standard InChI is InChI=1S/C19H21N7/c1-12(2)13(9-20)8-18(21)26-19-4-3-15-16(25-19)7-14(10-24-15)17-11-22-5-6-23-17/h3-12,20,22-23H,1-2H3,(H2,21,25,26). The molecule has 26 heavy (non-hydrogen) atoms. The SMILES string of the molecule is CC(C)C(C=N)=CC(N)=Nc1ccc2ncc(C3=CNC=CN3)cc2n1. The fraction of sp³-hybridized carbons (Fsp3) is 0.158. The van der Waals surface area contributed by atoms with Gasteiger partial charge in [0.2, 0.25) is 0 Å². The van der Waals surface area contributed by atoms with Gasteiger partial charge >= 0.3 is 0 Å². The summed E-state index contributed by atoms with van der Waals surface area (Å²) in [6.07, 6.45) is 10.3. The summed E-state index contributed by atoms with van der Waals surface area (Å²) in [5, 5.41) is 13.6. The van der Waals surface area contributed by atoms with E-state index >= 15 is 0 Å². The molecule has 0 fully saturated rings. The molecule has 7 heteroatoms. The summed E-state index contributed by atoms with van der Waals surface area (Å²) in [7, 11) is 0. The highest BCUT2D eigenvalue weighted by Gasteiger charge is 2.06. The molecule has 0 saturated carbocycles. The minimum absolute atomic E-state index is 0.205. The molecule has 0 spiro atoms. The molecule has 1 aliphatic heterocycles. The molecule has 3 heterocycles. The molecular formula is C19H21N7. The number of nitrogens with one attached hydrogen (secondary N) is 3. The highest BCUT2D eigenvalue weighted by Crippen LogP contribution is 2.20. The van der Waals surface area contributed by atoms with E-state index in [-0.39, 0.29) is 5.92 Å². The van der Waals surface area contributed by atoms with Crippen LogP contribution < -0.4 is 16.4 Å². The van der Waals surface area contributed by atoms with Gasteiger partial charge in [-0.25, -0.2) is 9.98 Å². The minimum atomic E-state index is 0.205. The van der Waals surface area contributed by atoms with Crippen molar-refractivity contribution in [2.75, 3.05) is 0 Å². The highest BCUT2D eigenvalue weighted by molar-refractivity contribution is 5.98.